The molecular formula is C35H31F6NO4. The molecule has 5 rings (SSSR count). The Hall–Kier alpha value is -4.54. The Morgan fingerprint density at radius 3 is 2.17 bits per heavy atom. The second-order valence-electron chi connectivity index (χ2n) is 11.9. The van der Waals surface area contributed by atoms with Crippen molar-refractivity contribution in [1.29, 1.82) is 0 Å². The minimum absolute atomic E-state index is 0.00764. The van der Waals surface area contributed by atoms with Crippen molar-refractivity contribution >= 4 is 12.1 Å². The maximum absolute atomic E-state index is 13.8. The number of hydrogen-bond acceptors (Lipinski definition) is 3. The molecule has 5 nitrogen and oxygen atoms in total. The SMILES string of the molecule is Cc1ccc(-c2cccc(-c3ccc(C(=O)O)cc3C)c2)c(CN2C(=O)O[C@H](C3=CC(C(F)(F)F)C(C)C(C(F)(F)F)=C3)[C@@H]2C)c1. The van der Waals surface area contributed by atoms with E-state index in [1.54, 1.807) is 12.1 Å². The highest BCUT2D eigenvalue weighted by Crippen LogP contribution is 2.47. The van der Waals surface area contributed by atoms with Crippen molar-refractivity contribution in [2.75, 3.05) is 0 Å². The first kappa shape index (κ1) is 32.8. The summed E-state index contributed by atoms with van der Waals surface area (Å²) in [5.74, 6) is -5.27. The monoisotopic (exact) mass is 643 g/mol. The summed E-state index contributed by atoms with van der Waals surface area (Å²) in [5.41, 5.74) is 4.07. The molecule has 1 fully saturated rings. The fourth-order valence-electron chi connectivity index (χ4n) is 6.25. The number of aryl methyl sites for hydroxylation is 2. The highest BCUT2D eigenvalue weighted by molar-refractivity contribution is 5.89. The van der Waals surface area contributed by atoms with Gasteiger partial charge in [-0.25, -0.2) is 9.59 Å². The molecule has 0 aromatic heterocycles. The van der Waals surface area contributed by atoms with E-state index in [1.165, 1.54) is 17.9 Å². The van der Waals surface area contributed by atoms with E-state index in [0.717, 1.165) is 46.4 Å². The molecule has 3 aromatic rings. The lowest BCUT2D eigenvalue weighted by Crippen LogP contribution is -2.38. The van der Waals surface area contributed by atoms with E-state index < -0.39 is 54.0 Å². The number of allylic oxidation sites excluding steroid dienone is 2. The quantitative estimate of drug-likeness (QED) is 0.272. The number of rotatable bonds is 6. The molecule has 242 valence electrons. The highest BCUT2D eigenvalue weighted by atomic mass is 19.4. The zero-order chi connectivity index (χ0) is 33.7. The van der Waals surface area contributed by atoms with E-state index in [4.69, 9.17) is 4.74 Å². The molecule has 0 saturated carbocycles. The third-order valence-electron chi connectivity index (χ3n) is 8.71. The molecule has 1 aliphatic heterocycles. The third kappa shape index (κ3) is 6.41. The molecule has 11 heteroatoms. The van der Waals surface area contributed by atoms with Crippen LogP contribution in [0.3, 0.4) is 0 Å². The summed E-state index contributed by atoms with van der Waals surface area (Å²) in [7, 11) is 0. The number of nitrogens with zero attached hydrogens (tertiary/aromatic N) is 1. The van der Waals surface area contributed by atoms with Gasteiger partial charge < -0.3 is 9.84 Å². The number of ether oxygens (including phenoxy) is 1. The van der Waals surface area contributed by atoms with E-state index in [1.807, 2.05) is 56.3 Å². The van der Waals surface area contributed by atoms with Gasteiger partial charge in [-0.2, -0.15) is 26.3 Å². The van der Waals surface area contributed by atoms with Crippen molar-refractivity contribution in [3.8, 4) is 22.3 Å². The lowest BCUT2D eigenvalue weighted by Gasteiger charge is -2.33. The van der Waals surface area contributed by atoms with E-state index in [9.17, 15) is 41.0 Å². The number of alkyl halides is 6. The molecule has 0 bridgehead atoms. The minimum Gasteiger partial charge on any atom is -0.478 e. The predicted octanol–water partition coefficient (Wildman–Crippen LogP) is 9.29. The lowest BCUT2D eigenvalue weighted by atomic mass is 9.78. The fourth-order valence-corrected chi connectivity index (χ4v) is 6.25. The van der Waals surface area contributed by atoms with Gasteiger partial charge in [0.1, 0.15) is 6.10 Å². The van der Waals surface area contributed by atoms with Crippen LogP contribution in [-0.4, -0.2) is 46.6 Å². The van der Waals surface area contributed by atoms with Gasteiger partial charge in [0.25, 0.3) is 0 Å². The third-order valence-corrected chi connectivity index (χ3v) is 8.71. The van der Waals surface area contributed by atoms with Crippen LogP contribution in [0.2, 0.25) is 0 Å². The summed E-state index contributed by atoms with van der Waals surface area (Å²) >= 11 is 0. The van der Waals surface area contributed by atoms with Gasteiger partial charge in [-0.15, -0.1) is 0 Å². The number of benzene rings is 3. The predicted molar refractivity (Wildman–Crippen MR) is 160 cm³/mol. The van der Waals surface area contributed by atoms with E-state index in [0.29, 0.717) is 11.6 Å². The average Bonchev–Trinajstić information content (AvgIpc) is 3.24. The number of amides is 1. The van der Waals surface area contributed by atoms with Crippen molar-refractivity contribution in [1.82, 2.24) is 4.90 Å². The molecule has 1 aliphatic carbocycles. The molecule has 1 saturated heterocycles. The van der Waals surface area contributed by atoms with Gasteiger partial charge in [-0.1, -0.05) is 61.0 Å². The molecule has 2 aliphatic rings. The number of cyclic esters (lactones) is 1. The Morgan fingerprint density at radius 2 is 1.57 bits per heavy atom. The van der Waals surface area contributed by atoms with Gasteiger partial charge >= 0.3 is 24.4 Å². The lowest BCUT2D eigenvalue weighted by molar-refractivity contribution is -0.177. The van der Waals surface area contributed by atoms with Gasteiger partial charge in [-0.05, 0) is 84.0 Å². The summed E-state index contributed by atoms with van der Waals surface area (Å²) in [5, 5.41) is 9.33. The summed E-state index contributed by atoms with van der Waals surface area (Å²) in [6.07, 6.45) is -10.7. The smallest absolute Gasteiger partial charge is 0.412 e. The number of carboxylic acids is 1. The van der Waals surface area contributed by atoms with Crippen molar-refractivity contribution < 1.29 is 45.8 Å². The topological polar surface area (TPSA) is 66.8 Å². The Balaban J connectivity index is 1.47. The summed E-state index contributed by atoms with van der Waals surface area (Å²) < 4.78 is 88.3. The van der Waals surface area contributed by atoms with Crippen LogP contribution in [0.5, 0.6) is 0 Å². The minimum atomic E-state index is -4.99. The second kappa shape index (κ2) is 12.0. The van der Waals surface area contributed by atoms with Gasteiger partial charge in [0.2, 0.25) is 0 Å². The van der Waals surface area contributed by atoms with Crippen LogP contribution in [0.4, 0.5) is 31.1 Å². The number of carboxylic acid groups (broad SMARTS) is 1. The number of hydrogen-bond donors (Lipinski definition) is 1. The van der Waals surface area contributed by atoms with E-state index in [-0.39, 0.29) is 17.7 Å². The van der Waals surface area contributed by atoms with Crippen LogP contribution in [0.25, 0.3) is 22.3 Å². The molecule has 46 heavy (non-hydrogen) atoms. The Morgan fingerprint density at radius 1 is 0.913 bits per heavy atom. The average molecular weight is 644 g/mol. The normalized spacial score (nSPS) is 22.0. The molecular weight excluding hydrogens is 612 g/mol. The van der Waals surface area contributed by atoms with E-state index >= 15 is 0 Å². The Bertz CT molecular complexity index is 1760. The summed E-state index contributed by atoms with van der Waals surface area (Å²) in [6, 6.07) is 17.2. The molecule has 1 heterocycles. The van der Waals surface area contributed by atoms with Crippen molar-refractivity contribution in [2.45, 2.75) is 58.7 Å². The Kier molecular flexibility index (Phi) is 8.57. The Labute approximate surface area is 261 Å². The maximum Gasteiger partial charge on any atom is 0.412 e. The first-order chi connectivity index (χ1) is 21.5. The van der Waals surface area contributed by atoms with Gasteiger partial charge in [0, 0.05) is 11.5 Å². The standard InChI is InChI=1S/C35H31F6NO4/c1-18-8-10-28(23-7-5-6-22(14-23)27-11-9-24(32(43)44)13-19(27)2)26(12-18)17-42-21(4)31(46-33(42)45)25-15-29(34(36,37)38)20(3)30(16-25)35(39,40)41/h5-16,20-21,29,31H,17H2,1-4H3,(H,43,44)/t20?,21-,29?,31-/m0/s1. The van der Waals surface area contributed by atoms with Crippen LogP contribution in [0, 0.1) is 25.7 Å². The van der Waals surface area contributed by atoms with E-state index in [2.05, 4.69) is 0 Å². The zero-order valence-corrected chi connectivity index (χ0v) is 25.3. The van der Waals surface area contributed by atoms with Crippen molar-refractivity contribution in [3.05, 3.63) is 106 Å². The maximum atomic E-state index is 13.8. The van der Waals surface area contributed by atoms with Gasteiger partial charge in [-0.3, -0.25) is 4.90 Å². The first-order valence-corrected chi connectivity index (χ1v) is 14.5. The highest BCUT2D eigenvalue weighted by Gasteiger charge is 2.52. The second-order valence-corrected chi connectivity index (χ2v) is 11.9. The van der Waals surface area contributed by atoms with Crippen LogP contribution >= 0.6 is 0 Å². The fraction of sp³-hybridized carbons (Fsp3) is 0.314. The zero-order valence-electron chi connectivity index (χ0n) is 25.3. The van der Waals surface area contributed by atoms with Gasteiger partial charge in [0.05, 0.1) is 24.1 Å². The van der Waals surface area contributed by atoms with Crippen molar-refractivity contribution in [3.63, 3.8) is 0 Å². The van der Waals surface area contributed by atoms with Crippen LogP contribution in [0.1, 0.15) is 40.9 Å². The molecule has 0 radical (unpaired) electrons. The molecule has 0 spiro atoms. The number of carbonyl (C=O) groups excluding carboxylic acids is 1. The molecule has 1 amide bonds. The number of carbonyl (C=O) groups is 2. The van der Waals surface area contributed by atoms with Crippen LogP contribution in [-0.2, 0) is 11.3 Å². The van der Waals surface area contributed by atoms with Gasteiger partial charge in [0.15, 0.2) is 0 Å². The van der Waals surface area contributed by atoms with Crippen LogP contribution < -0.4 is 0 Å². The largest absolute Gasteiger partial charge is 0.478 e. The molecule has 3 aromatic carbocycles. The molecule has 2 unspecified atom stereocenters. The van der Waals surface area contributed by atoms with Crippen LogP contribution in [0.15, 0.2) is 84.0 Å². The first-order valence-electron chi connectivity index (χ1n) is 14.5. The summed E-state index contributed by atoms with van der Waals surface area (Å²) in [6.45, 7) is 6.10. The number of aromatic carboxylic acids is 1. The van der Waals surface area contributed by atoms with Crippen molar-refractivity contribution in [2.24, 2.45) is 11.8 Å². The summed E-state index contributed by atoms with van der Waals surface area (Å²) in [4.78, 5) is 25.8. The molecule has 4 atom stereocenters. The number of halogens is 6. The molecule has 1 N–H and O–H groups in total.